The lowest BCUT2D eigenvalue weighted by atomic mass is 10.4. The van der Waals surface area contributed by atoms with Crippen molar-refractivity contribution < 1.29 is 5.21 Å². The van der Waals surface area contributed by atoms with Crippen LogP contribution < -0.4 is 11.1 Å². The van der Waals surface area contributed by atoms with E-state index >= 15 is 0 Å². The minimum absolute atomic E-state index is 0.0634. The van der Waals surface area contributed by atoms with E-state index in [2.05, 4.69) is 5.32 Å². The van der Waals surface area contributed by atoms with Crippen LogP contribution in [0.15, 0.2) is 11.9 Å². The van der Waals surface area contributed by atoms with E-state index in [0.29, 0.717) is 12.4 Å². The van der Waals surface area contributed by atoms with Gasteiger partial charge in [-0.2, -0.15) is 0 Å². The van der Waals surface area contributed by atoms with Crippen molar-refractivity contribution in [3.8, 4) is 0 Å². The van der Waals surface area contributed by atoms with Crippen LogP contribution in [0.5, 0.6) is 0 Å². The van der Waals surface area contributed by atoms with Gasteiger partial charge in [-0.1, -0.05) is 0 Å². The molecule has 0 spiro atoms. The van der Waals surface area contributed by atoms with Gasteiger partial charge in [0.05, 0.1) is 11.9 Å². The first-order chi connectivity index (χ1) is 4.20. The quantitative estimate of drug-likeness (QED) is 0.270. The van der Waals surface area contributed by atoms with Crippen LogP contribution in [0.4, 0.5) is 0 Å². The van der Waals surface area contributed by atoms with Gasteiger partial charge >= 0.3 is 0 Å². The van der Waals surface area contributed by atoms with Crippen LogP contribution in [-0.4, -0.2) is 22.8 Å². The molecular formula is C4H8N4O. The van der Waals surface area contributed by atoms with E-state index in [-0.39, 0.29) is 5.84 Å². The lowest BCUT2D eigenvalue weighted by Crippen LogP contribution is -2.23. The van der Waals surface area contributed by atoms with Crippen molar-refractivity contribution in [2.45, 2.75) is 0 Å². The Bertz CT molecular complexity index is 164. The SMILES string of the molecule is N=C(N)C1=CN(O)CN1. The summed E-state index contributed by atoms with van der Waals surface area (Å²) >= 11 is 0. The number of nitrogens with two attached hydrogens (primary N) is 1. The number of nitrogens with one attached hydrogen (secondary N) is 2. The smallest absolute Gasteiger partial charge is 0.140 e. The maximum absolute atomic E-state index is 8.69. The third-order valence-corrected chi connectivity index (χ3v) is 1.000. The average molecular weight is 128 g/mol. The van der Waals surface area contributed by atoms with Crippen LogP contribution >= 0.6 is 0 Å². The fourth-order valence-corrected chi connectivity index (χ4v) is 0.571. The van der Waals surface area contributed by atoms with Gasteiger partial charge in [-0.3, -0.25) is 10.6 Å². The molecule has 0 atom stereocenters. The van der Waals surface area contributed by atoms with Crippen LogP contribution in [-0.2, 0) is 0 Å². The van der Waals surface area contributed by atoms with E-state index in [4.69, 9.17) is 16.4 Å². The zero-order chi connectivity index (χ0) is 6.85. The molecule has 1 rings (SSSR count). The molecule has 0 radical (unpaired) electrons. The Morgan fingerprint density at radius 1 is 2.00 bits per heavy atom. The molecule has 0 unspecified atom stereocenters. The number of hydrogen-bond acceptors (Lipinski definition) is 4. The molecule has 9 heavy (non-hydrogen) atoms. The summed E-state index contributed by atoms with van der Waals surface area (Å²) in [7, 11) is 0. The summed E-state index contributed by atoms with van der Waals surface area (Å²) in [5.41, 5.74) is 5.53. The van der Waals surface area contributed by atoms with Crippen LogP contribution in [0.25, 0.3) is 0 Å². The van der Waals surface area contributed by atoms with Gasteiger partial charge in [-0.25, -0.2) is 5.06 Å². The second kappa shape index (κ2) is 1.94. The third-order valence-electron chi connectivity index (χ3n) is 1.000. The highest BCUT2D eigenvalue weighted by Gasteiger charge is 2.09. The van der Waals surface area contributed by atoms with E-state index in [1.54, 1.807) is 0 Å². The molecule has 0 aromatic carbocycles. The molecule has 5 N–H and O–H groups in total. The highest BCUT2D eigenvalue weighted by atomic mass is 16.5. The Labute approximate surface area is 52.2 Å². The Hall–Kier alpha value is -1.23. The molecule has 0 amide bonds. The summed E-state index contributed by atoms with van der Waals surface area (Å²) < 4.78 is 0. The molecule has 0 aliphatic carbocycles. The number of amidine groups is 1. The van der Waals surface area contributed by atoms with Crippen molar-refractivity contribution in [3.63, 3.8) is 0 Å². The molecule has 5 heteroatoms. The van der Waals surface area contributed by atoms with Crippen molar-refractivity contribution in [3.05, 3.63) is 11.9 Å². The average Bonchev–Trinajstić information content (AvgIpc) is 2.14. The number of nitrogens with zero attached hydrogens (tertiary/aromatic N) is 1. The molecule has 0 saturated carbocycles. The molecule has 0 saturated heterocycles. The van der Waals surface area contributed by atoms with Crippen molar-refractivity contribution in [1.82, 2.24) is 10.4 Å². The molecule has 0 aromatic rings. The monoisotopic (exact) mass is 128 g/mol. The van der Waals surface area contributed by atoms with Crippen LogP contribution in [0.2, 0.25) is 0 Å². The molecular weight excluding hydrogens is 120 g/mol. The fourth-order valence-electron chi connectivity index (χ4n) is 0.571. The number of hydroxylamine groups is 2. The molecule has 1 aliphatic rings. The van der Waals surface area contributed by atoms with Crippen molar-refractivity contribution in [2.75, 3.05) is 6.67 Å². The number of rotatable bonds is 1. The maximum Gasteiger partial charge on any atom is 0.140 e. The van der Waals surface area contributed by atoms with Crippen LogP contribution in [0.1, 0.15) is 0 Å². The van der Waals surface area contributed by atoms with Crippen LogP contribution in [0, 0.1) is 5.41 Å². The summed E-state index contributed by atoms with van der Waals surface area (Å²) in [4.78, 5) is 0. The zero-order valence-electron chi connectivity index (χ0n) is 4.76. The van der Waals surface area contributed by atoms with Gasteiger partial charge in [0.25, 0.3) is 0 Å². The lowest BCUT2D eigenvalue weighted by molar-refractivity contribution is -0.0345. The largest absolute Gasteiger partial charge is 0.382 e. The maximum atomic E-state index is 8.69. The van der Waals surface area contributed by atoms with E-state index in [0.717, 1.165) is 5.06 Å². The van der Waals surface area contributed by atoms with Gasteiger partial charge < -0.3 is 11.1 Å². The zero-order valence-corrected chi connectivity index (χ0v) is 4.76. The number of hydrogen-bond donors (Lipinski definition) is 4. The molecule has 5 nitrogen and oxygen atoms in total. The molecule has 50 valence electrons. The van der Waals surface area contributed by atoms with Gasteiger partial charge in [-0.15, -0.1) is 0 Å². The van der Waals surface area contributed by atoms with Crippen molar-refractivity contribution in [1.29, 1.82) is 5.41 Å². The molecule has 1 heterocycles. The summed E-state index contributed by atoms with van der Waals surface area (Å²) in [6.07, 6.45) is 1.36. The first kappa shape index (κ1) is 5.90. The van der Waals surface area contributed by atoms with Gasteiger partial charge in [0.2, 0.25) is 0 Å². The Balaban J connectivity index is 2.62. The van der Waals surface area contributed by atoms with E-state index < -0.39 is 0 Å². The van der Waals surface area contributed by atoms with Gasteiger partial charge in [0.15, 0.2) is 0 Å². The summed E-state index contributed by atoms with van der Waals surface area (Å²) in [6, 6.07) is 0. The van der Waals surface area contributed by atoms with Gasteiger partial charge in [0.1, 0.15) is 12.5 Å². The highest BCUT2D eigenvalue weighted by molar-refractivity contribution is 5.93. The van der Waals surface area contributed by atoms with Crippen LogP contribution in [0.3, 0.4) is 0 Å². The van der Waals surface area contributed by atoms with E-state index in [9.17, 15) is 0 Å². The normalized spacial score (nSPS) is 17.0. The standard InChI is InChI=1S/C4H8N4O/c5-4(6)3-1-8(9)2-7-3/h1,7,9H,2H2,(H3,5,6). The van der Waals surface area contributed by atoms with E-state index in [1.807, 2.05) is 0 Å². The second-order valence-electron chi connectivity index (χ2n) is 1.73. The molecule has 0 fully saturated rings. The minimum Gasteiger partial charge on any atom is -0.382 e. The second-order valence-corrected chi connectivity index (χ2v) is 1.73. The summed E-state index contributed by atoms with van der Waals surface area (Å²) in [5.74, 6) is -0.0634. The van der Waals surface area contributed by atoms with Gasteiger partial charge in [0, 0.05) is 0 Å². The summed E-state index contributed by atoms with van der Waals surface area (Å²) in [5, 5.41) is 19.2. The minimum atomic E-state index is -0.0634. The first-order valence-electron chi connectivity index (χ1n) is 2.46. The lowest BCUT2D eigenvalue weighted by Gasteiger charge is -2.00. The van der Waals surface area contributed by atoms with E-state index in [1.165, 1.54) is 6.20 Å². The third kappa shape index (κ3) is 1.11. The topological polar surface area (TPSA) is 85.4 Å². The molecule has 0 bridgehead atoms. The van der Waals surface area contributed by atoms with Crippen molar-refractivity contribution in [2.24, 2.45) is 5.73 Å². The predicted molar refractivity (Wildman–Crippen MR) is 31.6 cm³/mol. The first-order valence-corrected chi connectivity index (χ1v) is 2.46. The Morgan fingerprint density at radius 2 is 2.67 bits per heavy atom. The van der Waals surface area contributed by atoms with Crippen molar-refractivity contribution >= 4 is 5.84 Å². The molecule has 0 aromatic heterocycles. The summed E-state index contributed by atoms with van der Waals surface area (Å²) in [6.45, 7) is 0.301. The van der Waals surface area contributed by atoms with Gasteiger partial charge in [-0.05, 0) is 0 Å². The highest BCUT2D eigenvalue weighted by Crippen LogP contribution is 1.97. The predicted octanol–water partition coefficient (Wildman–Crippen LogP) is -0.984. The fraction of sp³-hybridized carbons (Fsp3) is 0.250. The molecule has 1 aliphatic heterocycles. The Kier molecular flexibility index (Phi) is 1.27. The Morgan fingerprint density at radius 3 is 2.89 bits per heavy atom.